The highest BCUT2D eigenvalue weighted by Crippen LogP contribution is 2.26. The minimum absolute atomic E-state index is 0.165. The molecule has 0 radical (unpaired) electrons. The molecule has 0 aliphatic carbocycles. The maximum Gasteiger partial charge on any atom is 0.319 e. The lowest BCUT2D eigenvalue weighted by molar-refractivity contribution is -0.159. The summed E-state index contributed by atoms with van der Waals surface area (Å²) in [6, 6.07) is 7.25. The van der Waals surface area contributed by atoms with Crippen molar-refractivity contribution in [1.29, 1.82) is 0 Å². The molecule has 0 atom stereocenters. The van der Waals surface area contributed by atoms with Crippen molar-refractivity contribution in [3.63, 3.8) is 0 Å². The molecule has 0 fully saturated rings. The second-order valence-corrected chi connectivity index (χ2v) is 4.41. The average molecular weight is 264 g/mol. The Kier molecular flexibility index (Phi) is 5.55. The van der Waals surface area contributed by atoms with Crippen molar-refractivity contribution in [1.82, 2.24) is 0 Å². The van der Waals surface area contributed by atoms with Gasteiger partial charge in [0.05, 0.1) is 7.11 Å². The quantitative estimate of drug-likeness (QED) is 0.431. The van der Waals surface area contributed by atoms with Crippen LogP contribution in [-0.4, -0.2) is 19.4 Å². The van der Waals surface area contributed by atoms with Crippen molar-refractivity contribution in [2.45, 2.75) is 33.3 Å². The van der Waals surface area contributed by atoms with Gasteiger partial charge < -0.3 is 14.3 Å². The maximum absolute atomic E-state index is 12.0. The SMILES string of the molecule is CCC(C=O)(CC)C(=O)OCc1ccc(OC)cc1. The van der Waals surface area contributed by atoms with Gasteiger partial charge in [-0.1, -0.05) is 26.0 Å². The van der Waals surface area contributed by atoms with E-state index in [1.807, 2.05) is 26.0 Å². The normalized spacial score (nSPS) is 10.9. The zero-order valence-electron chi connectivity index (χ0n) is 11.6. The first kappa shape index (κ1) is 15.2. The molecule has 0 heterocycles. The molecular formula is C15H20O4. The lowest BCUT2D eigenvalue weighted by atomic mass is 9.84. The van der Waals surface area contributed by atoms with Gasteiger partial charge in [-0.15, -0.1) is 0 Å². The monoisotopic (exact) mass is 264 g/mol. The number of benzene rings is 1. The Bertz CT molecular complexity index is 418. The molecule has 0 amide bonds. The summed E-state index contributed by atoms with van der Waals surface area (Å²) in [6.45, 7) is 3.79. The van der Waals surface area contributed by atoms with Gasteiger partial charge in [0.2, 0.25) is 0 Å². The van der Waals surface area contributed by atoms with Gasteiger partial charge in [0.1, 0.15) is 24.1 Å². The van der Waals surface area contributed by atoms with Crippen LogP contribution in [0, 0.1) is 5.41 Å². The first-order valence-electron chi connectivity index (χ1n) is 6.38. The third-order valence-corrected chi connectivity index (χ3v) is 3.42. The van der Waals surface area contributed by atoms with Crippen molar-refractivity contribution >= 4 is 12.3 Å². The second-order valence-electron chi connectivity index (χ2n) is 4.41. The molecule has 0 spiro atoms. The fourth-order valence-corrected chi connectivity index (χ4v) is 1.77. The lowest BCUT2D eigenvalue weighted by Gasteiger charge is -2.22. The molecular weight excluding hydrogens is 244 g/mol. The topological polar surface area (TPSA) is 52.6 Å². The van der Waals surface area contributed by atoms with E-state index in [9.17, 15) is 9.59 Å². The molecule has 0 aliphatic heterocycles. The third-order valence-electron chi connectivity index (χ3n) is 3.42. The van der Waals surface area contributed by atoms with E-state index < -0.39 is 11.4 Å². The van der Waals surface area contributed by atoms with Crippen LogP contribution in [0.25, 0.3) is 0 Å². The molecule has 0 saturated carbocycles. The molecule has 1 rings (SSSR count). The van der Waals surface area contributed by atoms with Crippen molar-refractivity contribution in [3.8, 4) is 5.75 Å². The first-order chi connectivity index (χ1) is 9.11. The molecule has 0 aromatic heterocycles. The highest BCUT2D eigenvalue weighted by molar-refractivity contribution is 5.93. The van der Waals surface area contributed by atoms with E-state index in [0.29, 0.717) is 19.1 Å². The Labute approximate surface area is 113 Å². The van der Waals surface area contributed by atoms with Crippen molar-refractivity contribution in [2.24, 2.45) is 5.41 Å². The Hall–Kier alpha value is -1.84. The largest absolute Gasteiger partial charge is 0.497 e. The molecule has 0 bridgehead atoms. The van der Waals surface area contributed by atoms with Crippen LogP contribution in [-0.2, 0) is 20.9 Å². The Morgan fingerprint density at radius 3 is 2.21 bits per heavy atom. The van der Waals surface area contributed by atoms with Crippen molar-refractivity contribution in [3.05, 3.63) is 29.8 Å². The molecule has 0 aliphatic rings. The molecule has 0 unspecified atom stereocenters. The summed E-state index contributed by atoms with van der Waals surface area (Å²) in [5.74, 6) is 0.294. The molecule has 0 N–H and O–H groups in total. The molecule has 4 heteroatoms. The number of aldehydes is 1. The Balaban J connectivity index is 2.64. The van der Waals surface area contributed by atoms with Crippen LogP contribution in [0.4, 0.5) is 0 Å². The second kappa shape index (κ2) is 6.92. The number of esters is 1. The van der Waals surface area contributed by atoms with Gasteiger partial charge in [-0.3, -0.25) is 4.79 Å². The van der Waals surface area contributed by atoms with Crippen LogP contribution in [0.15, 0.2) is 24.3 Å². The Morgan fingerprint density at radius 1 is 1.21 bits per heavy atom. The van der Waals surface area contributed by atoms with E-state index in [-0.39, 0.29) is 6.61 Å². The van der Waals surface area contributed by atoms with E-state index in [1.54, 1.807) is 19.2 Å². The van der Waals surface area contributed by atoms with Crippen LogP contribution >= 0.6 is 0 Å². The summed E-state index contributed by atoms with van der Waals surface area (Å²) >= 11 is 0. The van der Waals surface area contributed by atoms with E-state index in [4.69, 9.17) is 9.47 Å². The zero-order valence-corrected chi connectivity index (χ0v) is 11.6. The maximum atomic E-state index is 12.0. The van der Waals surface area contributed by atoms with E-state index in [0.717, 1.165) is 11.3 Å². The van der Waals surface area contributed by atoms with Gasteiger partial charge >= 0.3 is 5.97 Å². The molecule has 104 valence electrons. The number of carbonyl (C=O) groups is 2. The average Bonchev–Trinajstić information content (AvgIpc) is 2.48. The molecule has 4 nitrogen and oxygen atoms in total. The standard InChI is InChI=1S/C15H20O4/c1-4-15(5-2,11-16)14(17)19-10-12-6-8-13(18-3)9-7-12/h6-9,11H,4-5,10H2,1-3H3. The number of hydrogen-bond donors (Lipinski definition) is 0. The molecule has 19 heavy (non-hydrogen) atoms. The van der Waals surface area contributed by atoms with Gasteiger partial charge in [0.25, 0.3) is 0 Å². The van der Waals surface area contributed by atoms with Crippen LogP contribution in [0.5, 0.6) is 5.75 Å². The van der Waals surface area contributed by atoms with Crippen LogP contribution in [0.1, 0.15) is 32.3 Å². The number of ether oxygens (including phenoxy) is 2. The summed E-state index contributed by atoms with van der Waals surface area (Å²) in [5.41, 5.74) is -0.145. The summed E-state index contributed by atoms with van der Waals surface area (Å²) in [7, 11) is 1.59. The molecule has 1 aromatic carbocycles. The fraction of sp³-hybridized carbons (Fsp3) is 0.467. The smallest absolute Gasteiger partial charge is 0.319 e. The van der Waals surface area contributed by atoms with Crippen LogP contribution < -0.4 is 4.74 Å². The Morgan fingerprint density at radius 2 is 1.79 bits per heavy atom. The highest BCUT2D eigenvalue weighted by Gasteiger charge is 2.36. The number of carbonyl (C=O) groups excluding carboxylic acids is 2. The van der Waals surface area contributed by atoms with E-state index >= 15 is 0 Å². The van der Waals surface area contributed by atoms with Crippen LogP contribution in [0.3, 0.4) is 0 Å². The highest BCUT2D eigenvalue weighted by atomic mass is 16.5. The molecule has 0 saturated heterocycles. The minimum Gasteiger partial charge on any atom is -0.497 e. The fourth-order valence-electron chi connectivity index (χ4n) is 1.77. The molecule has 1 aromatic rings. The van der Waals surface area contributed by atoms with Gasteiger partial charge in [-0.2, -0.15) is 0 Å². The zero-order chi connectivity index (χ0) is 14.3. The first-order valence-corrected chi connectivity index (χ1v) is 6.38. The predicted octanol–water partition coefficient (Wildman–Crippen LogP) is 2.74. The summed E-state index contributed by atoms with van der Waals surface area (Å²) in [4.78, 5) is 23.1. The van der Waals surface area contributed by atoms with Gasteiger partial charge in [-0.05, 0) is 30.5 Å². The van der Waals surface area contributed by atoms with Crippen LogP contribution in [0.2, 0.25) is 0 Å². The third kappa shape index (κ3) is 3.56. The lowest BCUT2D eigenvalue weighted by Crippen LogP contribution is -2.33. The minimum atomic E-state index is -1.01. The summed E-state index contributed by atoms with van der Waals surface area (Å²) in [5, 5.41) is 0. The van der Waals surface area contributed by atoms with Gasteiger partial charge in [0, 0.05) is 0 Å². The summed E-state index contributed by atoms with van der Waals surface area (Å²) < 4.78 is 10.3. The summed E-state index contributed by atoms with van der Waals surface area (Å²) in [6.07, 6.45) is 1.60. The number of hydrogen-bond acceptors (Lipinski definition) is 4. The van der Waals surface area contributed by atoms with E-state index in [2.05, 4.69) is 0 Å². The van der Waals surface area contributed by atoms with Gasteiger partial charge in [-0.25, -0.2) is 0 Å². The van der Waals surface area contributed by atoms with Crippen molar-refractivity contribution < 1.29 is 19.1 Å². The van der Waals surface area contributed by atoms with E-state index in [1.165, 1.54) is 0 Å². The number of rotatable bonds is 7. The number of methoxy groups -OCH3 is 1. The predicted molar refractivity (Wildman–Crippen MR) is 71.9 cm³/mol. The van der Waals surface area contributed by atoms with Gasteiger partial charge in [0.15, 0.2) is 0 Å². The van der Waals surface area contributed by atoms with Crippen molar-refractivity contribution in [2.75, 3.05) is 7.11 Å².